The van der Waals surface area contributed by atoms with Crippen LogP contribution in [0.15, 0.2) is 18.2 Å². The largest absolute Gasteiger partial charge is 2.00 e. The van der Waals surface area contributed by atoms with Gasteiger partial charge in [0.1, 0.15) is 12.4 Å². The van der Waals surface area contributed by atoms with E-state index in [0.29, 0.717) is 11.1 Å². The predicted octanol–water partition coefficient (Wildman–Crippen LogP) is 1.57. The summed E-state index contributed by atoms with van der Waals surface area (Å²) in [6, 6.07) is 4.52. The van der Waals surface area contributed by atoms with Crippen LogP contribution in [0, 0.1) is 6.92 Å². The number of hydrogen-bond acceptors (Lipinski definition) is 4. The first-order chi connectivity index (χ1) is 8.04. The SMILES string of the molecule is [CH2-]CO.[NH-]Cc1cc(COC(=O)O)ccc1O.[Sr+2]. The zero-order chi connectivity index (χ0) is 13.3. The van der Waals surface area contributed by atoms with Crippen LogP contribution in [0.4, 0.5) is 4.79 Å². The summed E-state index contributed by atoms with van der Waals surface area (Å²) < 4.78 is 4.34. The molecule has 0 radical (unpaired) electrons. The number of aliphatic hydroxyl groups is 1. The van der Waals surface area contributed by atoms with Gasteiger partial charge < -0.3 is 32.7 Å². The van der Waals surface area contributed by atoms with Crippen LogP contribution in [-0.2, 0) is 17.9 Å². The fourth-order valence-corrected chi connectivity index (χ4v) is 1.02. The van der Waals surface area contributed by atoms with Crippen LogP contribution < -0.4 is 0 Å². The van der Waals surface area contributed by atoms with E-state index in [9.17, 15) is 9.90 Å². The first-order valence-electron chi connectivity index (χ1n) is 4.76. The standard InChI is InChI=1S/C9H10NO4.C2H5O.Sr/c10-4-7-3-6(1-2-8(7)11)5-14-9(12)13;1-2-3;/h1-3,10-11H,4-5H2,(H,12,13);3H,1-2H2;/q2*-1;+2. The van der Waals surface area contributed by atoms with E-state index in [-0.39, 0.29) is 71.0 Å². The van der Waals surface area contributed by atoms with Crippen molar-refractivity contribution in [3.05, 3.63) is 42.0 Å². The van der Waals surface area contributed by atoms with Crippen LogP contribution in [0.5, 0.6) is 5.75 Å². The van der Waals surface area contributed by atoms with Crippen molar-refractivity contribution in [1.82, 2.24) is 0 Å². The topological polar surface area (TPSA) is 111 Å². The van der Waals surface area contributed by atoms with Gasteiger partial charge in [0.25, 0.3) is 0 Å². The molecule has 0 unspecified atom stereocenters. The second-order valence-corrected chi connectivity index (χ2v) is 2.92. The maximum absolute atomic E-state index is 10.1. The number of carbonyl (C=O) groups is 1. The van der Waals surface area contributed by atoms with Crippen LogP contribution >= 0.6 is 0 Å². The molecule has 0 fully saturated rings. The van der Waals surface area contributed by atoms with Gasteiger partial charge in [-0.05, 0) is 17.2 Å². The molecule has 1 rings (SSSR count). The second kappa shape index (κ2) is 11.8. The third kappa shape index (κ3) is 8.73. The van der Waals surface area contributed by atoms with Gasteiger partial charge in [-0.2, -0.15) is 0 Å². The van der Waals surface area contributed by atoms with E-state index in [0.717, 1.165) is 0 Å². The van der Waals surface area contributed by atoms with Crippen LogP contribution in [-0.4, -0.2) is 73.6 Å². The Hall–Kier alpha value is -0.309. The summed E-state index contributed by atoms with van der Waals surface area (Å²) in [4.78, 5) is 10.1. The summed E-state index contributed by atoms with van der Waals surface area (Å²) in [5.41, 5.74) is 8.15. The number of carboxylic acid groups (broad SMARTS) is 1. The van der Waals surface area contributed by atoms with Gasteiger partial charge in [0.15, 0.2) is 0 Å². The number of ether oxygens (including phenoxy) is 1. The molecule has 1 aromatic carbocycles. The number of aromatic hydroxyl groups is 1. The minimum Gasteiger partial charge on any atom is -0.674 e. The minimum atomic E-state index is -1.34. The van der Waals surface area contributed by atoms with Gasteiger partial charge >= 0.3 is 51.6 Å². The third-order valence-electron chi connectivity index (χ3n) is 1.70. The Morgan fingerprint density at radius 2 is 2.00 bits per heavy atom. The molecule has 0 amide bonds. The van der Waals surface area contributed by atoms with Crippen molar-refractivity contribution in [2.45, 2.75) is 13.2 Å². The number of benzene rings is 1. The van der Waals surface area contributed by atoms with E-state index < -0.39 is 6.16 Å². The first-order valence-corrected chi connectivity index (χ1v) is 4.76. The summed E-state index contributed by atoms with van der Waals surface area (Å²) in [5.74, 6) is 0.0408. The van der Waals surface area contributed by atoms with Crippen molar-refractivity contribution >= 4 is 51.6 Å². The van der Waals surface area contributed by atoms with E-state index in [2.05, 4.69) is 11.7 Å². The van der Waals surface area contributed by atoms with E-state index in [1.165, 1.54) is 6.07 Å². The van der Waals surface area contributed by atoms with Crippen molar-refractivity contribution in [1.29, 1.82) is 0 Å². The minimum absolute atomic E-state index is 0. The number of nitrogens with one attached hydrogen (secondary N) is 1. The maximum Gasteiger partial charge on any atom is 2.00 e. The molecule has 0 bridgehead atoms. The Balaban J connectivity index is 0. The maximum atomic E-state index is 10.1. The average Bonchev–Trinajstić information content (AvgIpc) is 2.29. The molecular formula is C11H15NO5Sr. The molecule has 6 nitrogen and oxygen atoms in total. The smallest absolute Gasteiger partial charge is 0.674 e. The van der Waals surface area contributed by atoms with Crippen molar-refractivity contribution in [3.63, 3.8) is 0 Å². The van der Waals surface area contributed by atoms with Gasteiger partial charge in [-0.3, -0.25) is 0 Å². The summed E-state index contributed by atoms with van der Waals surface area (Å²) in [6.45, 7) is 2.93. The quantitative estimate of drug-likeness (QED) is 0.443. The molecule has 0 aliphatic rings. The summed E-state index contributed by atoms with van der Waals surface area (Å²) >= 11 is 0. The van der Waals surface area contributed by atoms with Crippen LogP contribution in [0.3, 0.4) is 0 Å². The number of hydrogen-bond donors (Lipinski definition) is 3. The van der Waals surface area contributed by atoms with E-state index in [4.69, 9.17) is 15.9 Å². The molecule has 0 heterocycles. The van der Waals surface area contributed by atoms with Gasteiger partial charge in [-0.1, -0.05) is 18.7 Å². The van der Waals surface area contributed by atoms with E-state index in [1.807, 2.05) is 0 Å². The molecule has 96 valence electrons. The molecule has 0 spiro atoms. The van der Waals surface area contributed by atoms with Crippen molar-refractivity contribution in [2.75, 3.05) is 6.61 Å². The van der Waals surface area contributed by atoms with Gasteiger partial charge in [0, 0.05) is 0 Å². The fraction of sp³-hybridized carbons (Fsp3) is 0.273. The number of rotatable bonds is 3. The molecule has 0 aliphatic carbocycles. The zero-order valence-corrected chi connectivity index (χ0v) is 13.4. The second-order valence-electron chi connectivity index (χ2n) is 2.92. The molecular weight excluding hydrogens is 314 g/mol. The molecule has 0 saturated heterocycles. The molecule has 0 saturated carbocycles. The van der Waals surface area contributed by atoms with Gasteiger partial charge in [-0.15, -0.1) is 6.54 Å². The molecule has 18 heavy (non-hydrogen) atoms. The molecule has 1 aromatic rings. The van der Waals surface area contributed by atoms with Gasteiger partial charge in [0.2, 0.25) is 0 Å². The Morgan fingerprint density at radius 1 is 1.44 bits per heavy atom. The third-order valence-corrected chi connectivity index (χ3v) is 1.70. The normalized spacial score (nSPS) is 8.61. The van der Waals surface area contributed by atoms with Crippen molar-refractivity contribution < 1.29 is 24.9 Å². The van der Waals surface area contributed by atoms with Crippen LogP contribution in [0.25, 0.3) is 5.73 Å². The molecule has 0 aliphatic heterocycles. The summed E-state index contributed by atoms with van der Waals surface area (Å²) in [6.07, 6.45) is -1.34. The van der Waals surface area contributed by atoms with E-state index in [1.54, 1.807) is 12.1 Å². The van der Waals surface area contributed by atoms with Crippen molar-refractivity contribution in [2.24, 2.45) is 0 Å². The van der Waals surface area contributed by atoms with Crippen LogP contribution in [0.2, 0.25) is 0 Å². The van der Waals surface area contributed by atoms with Gasteiger partial charge in [-0.25, -0.2) is 4.79 Å². The Kier molecular flexibility index (Phi) is 13.1. The summed E-state index contributed by atoms with van der Waals surface area (Å²) in [7, 11) is 0. The Bertz CT molecular complexity index is 359. The number of phenols is 1. The Morgan fingerprint density at radius 3 is 2.44 bits per heavy atom. The van der Waals surface area contributed by atoms with Crippen LogP contribution in [0.1, 0.15) is 11.1 Å². The monoisotopic (exact) mass is 329 g/mol. The summed E-state index contributed by atoms with van der Waals surface area (Å²) in [5, 5.41) is 24.9. The van der Waals surface area contributed by atoms with Gasteiger partial charge in [0.05, 0.1) is 0 Å². The molecule has 7 heteroatoms. The molecule has 0 aromatic heterocycles. The molecule has 4 N–H and O–H groups in total. The average molecular weight is 329 g/mol. The van der Waals surface area contributed by atoms with Crippen molar-refractivity contribution in [3.8, 4) is 5.75 Å². The zero-order valence-electron chi connectivity index (χ0n) is 9.93. The first kappa shape index (κ1) is 20.0. The number of phenolic OH excluding ortho intramolecular Hbond substituents is 1. The number of aliphatic hydroxyl groups excluding tert-OH is 1. The predicted molar refractivity (Wildman–Crippen MR) is 67.1 cm³/mol. The Labute approximate surface area is 143 Å². The van der Waals surface area contributed by atoms with E-state index >= 15 is 0 Å². The molecule has 0 atom stereocenters. The fourth-order valence-electron chi connectivity index (χ4n) is 1.02.